The Labute approximate surface area is 141 Å². The topological polar surface area (TPSA) is 12.0 Å². The monoisotopic (exact) mass is 341 g/mol. The molecule has 0 amide bonds. The molecule has 0 saturated carbocycles. The molecule has 1 N–H and O–H groups in total. The molecule has 1 aromatic carbocycles. The van der Waals surface area contributed by atoms with E-state index in [-0.39, 0.29) is 11.5 Å². The van der Waals surface area contributed by atoms with Crippen molar-refractivity contribution in [1.29, 1.82) is 0 Å². The van der Waals surface area contributed by atoms with Crippen LogP contribution in [-0.4, -0.2) is 0 Å². The predicted octanol–water partition coefficient (Wildman–Crippen LogP) is 6.20. The highest BCUT2D eigenvalue weighted by molar-refractivity contribution is 7.12. The Kier molecular flexibility index (Phi) is 5.37. The van der Waals surface area contributed by atoms with Gasteiger partial charge in [-0.1, -0.05) is 50.0 Å². The zero-order chi connectivity index (χ0) is 15.6. The van der Waals surface area contributed by atoms with E-state index in [1.807, 2.05) is 29.5 Å². The molecule has 1 heterocycles. The first-order valence-corrected chi connectivity index (χ1v) is 8.62. The summed E-state index contributed by atoms with van der Waals surface area (Å²) in [6.45, 7) is 9.73. The van der Waals surface area contributed by atoms with Gasteiger partial charge in [-0.3, -0.25) is 0 Å². The summed E-state index contributed by atoms with van der Waals surface area (Å²) >= 11 is 13.9. The summed E-state index contributed by atoms with van der Waals surface area (Å²) in [5.41, 5.74) is 1.37. The maximum atomic E-state index is 6.07. The summed E-state index contributed by atoms with van der Waals surface area (Å²) in [6, 6.07) is 10.5. The van der Waals surface area contributed by atoms with Crippen LogP contribution in [0.25, 0.3) is 0 Å². The molecule has 4 heteroatoms. The van der Waals surface area contributed by atoms with Crippen molar-refractivity contribution < 1.29 is 0 Å². The minimum atomic E-state index is 0.220. The SMILES string of the molecule is CC(NCc1ccc(C(C)(C)C)s1)c1ccc(Cl)c(Cl)c1. The molecule has 1 nitrogen and oxygen atoms in total. The molecule has 21 heavy (non-hydrogen) atoms. The van der Waals surface area contributed by atoms with Gasteiger partial charge in [0.1, 0.15) is 0 Å². The molecular weight excluding hydrogens is 321 g/mol. The van der Waals surface area contributed by atoms with Crippen molar-refractivity contribution in [3.63, 3.8) is 0 Å². The molecule has 0 fully saturated rings. The standard InChI is InChI=1S/C17H21Cl2NS/c1-11(12-5-7-14(18)15(19)9-12)20-10-13-6-8-16(21-13)17(2,3)4/h5-9,11,20H,10H2,1-4H3. The fraction of sp³-hybridized carbons (Fsp3) is 0.412. The van der Waals surface area contributed by atoms with Crippen molar-refractivity contribution in [2.45, 2.75) is 45.7 Å². The third kappa shape index (κ3) is 4.46. The molecule has 0 bridgehead atoms. The maximum Gasteiger partial charge on any atom is 0.0595 e. The summed E-state index contributed by atoms with van der Waals surface area (Å²) in [5.74, 6) is 0. The number of hydrogen-bond acceptors (Lipinski definition) is 2. The van der Waals surface area contributed by atoms with Crippen molar-refractivity contribution in [1.82, 2.24) is 5.32 Å². The van der Waals surface area contributed by atoms with E-state index in [2.05, 4.69) is 45.1 Å². The van der Waals surface area contributed by atoms with Gasteiger partial charge in [-0.05, 0) is 42.2 Å². The van der Waals surface area contributed by atoms with Gasteiger partial charge in [0.2, 0.25) is 0 Å². The van der Waals surface area contributed by atoms with E-state index in [4.69, 9.17) is 23.2 Å². The Morgan fingerprint density at radius 3 is 2.38 bits per heavy atom. The summed E-state index contributed by atoms with van der Waals surface area (Å²) in [4.78, 5) is 2.77. The van der Waals surface area contributed by atoms with Gasteiger partial charge in [0.25, 0.3) is 0 Å². The first-order valence-electron chi connectivity index (χ1n) is 7.05. The fourth-order valence-corrected chi connectivity index (χ4v) is 3.35. The largest absolute Gasteiger partial charge is 0.305 e. The van der Waals surface area contributed by atoms with Gasteiger partial charge in [0.05, 0.1) is 10.0 Å². The Balaban J connectivity index is 1.99. The van der Waals surface area contributed by atoms with Crippen molar-refractivity contribution in [3.8, 4) is 0 Å². The van der Waals surface area contributed by atoms with E-state index in [1.54, 1.807) is 0 Å². The van der Waals surface area contributed by atoms with Gasteiger partial charge in [0.15, 0.2) is 0 Å². The zero-order valence-corrected chi connectivity index (χ0v) is 15.2. The third-order valence-electron chi connectivity index (χ3n) is 3.43. The molecule has 0 spiro atoms. The van der Waals surface area contributed by atoms with Crippen molar-refractivity contribution >= 4 is 34.5 Å². The Bertz CT molecular complexity index is 613. The van der Waals surface area contributed by atoms with Crippen LogP contribution in [0.15, 0.2) is 30.3 Å². The lowest BCUT2D eigenvalue weighted by atomic mass is 9.95. The van der Waals surface area contributed by atoms with Gasteiger partial charge in [0, 0.05) is 22.3 Å². The molecule has 0 aliphatic heterocycles. The van der Waals surface area contributed by atoms with Crippen molar-refractivity contribution in [2.24, 2.45) is 0 Å². The molecule has 2 rings (SSSR count). The number of benzene rings is 1. The highest BCUT2D eigenvalue weighted by Crippen LogP contribution is 2.30. The van der Waals surface area contributed by atoms with E-state index < -0.39 is 0 Å². The van der Waals surface area contributed by atoms with Crippen LogP contribution >= 0.6 is 34.5 Å². The molecule has 1 unspecified atom stereocenters. The minimum absolute atomic E-state index is 0.220. The van der Waals surface area contributed by atoms with Gasteiger partial charge < -0.3 is 5.32 Å². The number of nitrogens with one attached hydrogen (secondary N) is 1. The van der Waals surface area contributed by atoms with Gasteiger partial charge in [-0.25, -0.2) is 0 Å². The lowest BCUT2D eigenvalue weighted by molar-refractivity contribution is 0.579. The maximum absolute atomic E-state index is 6.07. The quantitative estimate of drug-likeness (QED) is 0.697. The number of halogens is 2. The lowest BCUT2D eigenvalue weighted by Crippen LogP contribution is -2.17. The summed E-state index contributed by atoms with van der Waals surface area (Å²) in [5, 5.41) is 4.74. The second-order valence-electron chi connectivity index (χ2n) is 6.29. The smallest absolute Gasteiger partial charge is 0.0595 e. The summed E-state index contributed by atoms with van der Waals surface area (Å²) in [7, 11) is 0. The molecule has 114 valence electrons. The van der Waals surface area contributed by atoms with E-state index >= 15 is 0 Å². The van der Waals surface area contributed by atoms with Crippen LogP contribution in [0.2, 0.25) is 10.0 Å². The summed E-state index contributed by atoms with van der Waals surface area (Å²) < 4.78 is 0. The highest BCUT2D eigenvalue weighted by Gasteiger charge is 2.16. The van der Waals surface area contributed by atoms with Crippen LogP contribution in [0.5, 0.6) is 0 Å². The Hall–Kier alpha value is -0.540. The molecule has 0 saturated heterocycles. The van der Waals surface area contributed by atoms with E-state index in [9.17, 15) is 0 Å². The predicted molar refractivity (Wildman–Crippen MR) is 94.7 cm³/mol. The van der Waals surface area contributed by atoms with E-state index in [0.29, 0.717) is 10.0 Å². The zero-order valence-electron chi connectivity index (χ0n) is 12.8. The number of hydrogen-bond donors (Lipinski definition) is 1. The van der Waals surface area contributed by atoms with Crippen LogP contribution in [-0.2, 0) is 12.0 Å². The van der Waals surface area contributed by atoms with Crippen LogP contribution in [0.4, 0.5) is 0 Å². The molecule has 1 aromatic heterocycles. The lowest BCUT2D eigenvalue weighted by Gasteiger charge is -2.16. The van der Waals surface area contributed by atoms with Crippen LogP contribution < -0.4 is 5.32 Å². The molecule has 2 aromatic rings. The Morgan fingerprint density at radius 2 is 1.81 bits per heavy atom. The van der Waals surface area contributed by atoms with Crippen LogP contribution in [0.1, 0.15) is 49.1 Å². The van der Waals surface area contributed by atoms with Crippen molar-refractivity contribution in [3.05, 3.63) is 55.7 Å². The first-order chi connectivity index (χ1) is 9.77. The van der Waals surface area contributed by atoms with Crippen molar-refractivity contribution in [2.75, 3.05) is 0 Å². The Morgan fingerprint density at radius 1 is 1.10 bits per heavy atom. The second kappa shape index (κ2) is 6.70. The van der Waals surface area contributed by atoms with E-state index in [0.717, 1.165) is 12.1 Å². The number of thiophene rings is 1. The third-order valence-corrected chi connectivity index (χ3v) is 5.68. The molecule has 0 aliphatic rings. The average Bonchev–Trinajstić information content (AvgIpc) is 2.88. The normalized spacial score (nSPS) is 13.4. The first kappa shape index (κ1) is 16.8. The van der Waals surface area contributed by atoms with Crippen LogP contribution in [0.3, 0.4) is 0 Å². The van der Waals surface area contributed by atoms with Gasteiger partial charge >= 0.3 is 0 Å². The molecular formula is C17H21Cl2NS. The van der Waals surface area contributed by atoms with E-state index in [1.165, 1.54) is 9.75 Å². The number of rotatable bonds is 4. The molecule has 0 aliphatic carbocycles. The second-order valence-corrected chi connectivity index (χ2v) is 8.27. The summed E-state index contributed by atoms with van der Waals surface area (Å²) in [6.07, 6.45) is 0. The fourth-order valence-electron chi connectivity index (χ4n) is 2.03. The van der Waals surface area contributed by atoms with Gasteiger partial charge in [-0.15, -0.1) is 11.3 Å². The molecule has 1 atom stereocenters. The highest BCUT2D eigenvalue weighted by atomic mass is 35.5. The minimum Gasteiger partial charge on any atom is -0.305 e. The van der Waals surface area contributed by atoms with Crippen LogP contribution in [0, 0.1) is 0 Å². The molecule has 0 radical (unpaired) electrons. The average molecular weight is 342 g/mol. The van der Waals surface area contributed by atoms with Gasteiger partial charge in [-0.2, -0.15) is 0 Å².